The van der Waals surface area contributed by atoms with Gasteiger partial charge in [0.2, 0.25) is 11.9 Å². The van der Waals surface area contributed by atoms with Crippen LogP contribution in [0.2, 0.25) is 0 Å². The average Bonchev–Trinajstić information content (AvgIpc) is 3.55. The normalized spacial score (nSPS) is 13.7. The molecule has 0 bridgehead atoms. The number of nitro benzene ring substituents is 1. The Kier molecular flexibility index (Phi) is 9.23. The van der Waals surface area contributed by atoms with Crippen molar-refractivity contribution in [2.24, 2.45) is 16.1 Å². The van der Waals surface area contributed by atoms with Crippen molar-refractivity contribution in [2.45, 2.75) is 32.7 Å². The molecule has 0 amide bonds. The molecular formula is C34H34N8O4. The fourth-order valence-corrected chi connectivity index (χ4v) is 5.42. The zero-order chi connectivity index (χ0) is 31.9. The van der Waals surface area contributed by atoms with Crippen LogP contribution in [0.15, 0.2) is 99.6 Å². The van der Waals surface area contributed by atoms with Gasteiger partial charge < -0.3 is 19.4 Å². The van der Waals surface area contributed by atoms with Gasteiger partial charge in [0, 0.05) is 30.9 Å². The van der Waals surface area contributed by atoms with Gasteiger partial charge in [-0.15, -0.1) is 5.11 Å². The van der Waals surface area contributed by atoms with E-state index >= 15 is 0 Å². The molecule has 3 aromatic carbocycles. The van der Waals surface area contributed by atoms with Crippen LogP contribution >= 0.6 is 0 Å². The highest BCUT2D eigenvalue weighted by molar-refractivity contribution is 5.69. The summed E-state index contributed by atoms with van der Waals surface area (Å²) < 4.78 is 11.3. The molecule has 1 N–H and O–H groups in total. The lowest BCUT2D eigenvalue weighted by Gasteiger charge is -2.32. The predicted molar refractivity (Wildman–Crippen MR) is 175 cm³/mol. The molecule has 46 heavy (non-hydrogen) atoms. The Morgan fingerprint density at radius 2 is 1.78 bits per heavy atom. The number of anilines is 3. The highest BCUT2D eigenvalue weighted by atomic mass is 16.6. The standard InChI is InChI=1S/C34H34N8O4/c1-23-8-10-26(11-9-23)36-32-37-33(39-34(38-32)41-18-16-25(17-19-41)20-24-6-4-3-5-7-24)40-35-22-28-13-15-31(46-28)29-21-27(42(43)44)12-14-30(29)45-2/h3-15,21,25H,16-20,22H2,1-2H3,(H,36,37,38,39). The van der Waals surface area contributed by atoms with Gasteiger partial charge in [-0.1, -0.05) is 48.0 Å². The van der Waals surface area contributed by atoms with Crippen molar-refractivity contribution >= 4 is 29.2 Å². The van der Waals surface area contributed by atoms with E-state index in [-0.39, 0.29) is 18.2 Å². The summed E-state index contributed by atoms with van der Waals surface area (Å²) >= 11 is 0. The molecule has 0 saturated carbocycles. The summed E-state index contributed by atoms with van der Waals surface area (Å²) in [6.07, 6.45) is 3.14. The third-order valence-electron chi connectivity index (χ3n) is 7.89. The number of non-ortho nitro benzene ring substituents is 1. The maximum absolute atomic E-state index is 11.3. The van der Waals surface area contributed by atoms with Gasteiger partial charge in [-0.25, -0.2) is 0 Å². The van der Waals surface area contributed by atoms with Crippen molar-refractivity contribution in [1.82, 2.24) is 15.0 Å². The molecule has 2 aromatic heterocycles. The van der Waals surface area contributed by atoms with E-state index in [1.807, 2.05) is 37.3 Å². The van der Waals surface area contributed by atoms with Crippen molar-refractivity contribution < 1.29 is 14.1 Å². The first-order chi connectivity index (χ1) is 22.4. The van der Waals surface area contributed by atoms with Gasteiger partial charge in [0.15, 0.2) is 0 Å². The van der Waals surface area contributed by atoms with Crippen LogP contribution in [-0.2, 0) is 13.0 Å². The first kappa shape index (κ1) is 30.4. The summed E-state index contributed by atoms with van der Waals surface area (Å²) in [5, 5.41) is 23.2. The van der Waals surface area contributed by atoms with Crippen LogP contribution in [0.25, 0.3) is 11.3 Å². The fourth-order valence-electron chi connectivity index (χ4n) is 5.42. The van der Waals surface area contributed by atoms with Gasteiger partial charge in [0.1, 0.15) is 23.8 Å². The molecule has 0 unspecified atom stereocenters. The van der Waals surface area contributed by atoms with Crippen LogP contribution in [0.3, 0.4) is 0 Å². The third-order valence-corrected chi connectivity index (χ3v) is 7.89. The highest BCUT2D eigenvalue weighted by Gasteiger charge is 2.23. The zero-order valence-electron chi connectivity index (χ0n) is 25.7. The smallest absolute Gasteiger partial charge is 0.275 e. The molecule has 1 aliphatic heterocycles. The molecule has 5 aromatic rings. The molecule has 0 atom stereocenters. The molecule has 1 aliphatic rings. The largest absolute Gasteiger partial charge is 0.496 e. The second-order valence-corrected chi connectivity index (χ2v) is 11.2. The number of methoxy groups -OCH3 is 1. The van der Waals surface area contributed by atoms with E-state index in [2.05, 4.69) is 54.7 Å². The predicted octanol–water partition coefficient (Wildman–Crippen LogP) is 7.84. The lowest BCUT2D eigenvalue weighted by molar-refractivity contribution is -0.384. The van der Waals surface area contributed by atoms with Gasteiger partial charge in [0.05, 0.1) is 17.6 Å². The van der Waals surface area contributed by atoms with Crippen molar-refractivity contribution in [3.8, 4) is 17.1 Å². The monoisotopic (exact) mass is 618 g/mol. The number of nitrogens with zero attached hydrogens (tertiary/aromatic N) is 7. The van der Waals surface area contributed by atoms with E-state index in [0.717, 1.165) is 43.6 Å². The lowest BCUT2D eigenvalue weighted by Crippen LogP contribution is -2.35. The maximum atomic E-state index is 11.3. The Bertz CT molecular complexity index is 1820. The Morgan fingerprint density at radius 1 is 1.00 bits per heavy atom. The fraction of sp³-hybridized carbons (Fsp3) is 0.265. The third kappa shape index (κ3) is 7.52. The molecule has 12 nitrogen and oxygen atoms in total. The van der Waals surface area contributed by atoms with E-state index in [4.69, 9.17) is 14.1 Å². The van der Waals surface area contributed by atoms with Crippen LogP contribution in [0, 0.1) is 23.0 Å². The van der Waals surface area contributed by atoms with Gasteiger partial charge in [0.25, 0.3) is 11.6 Å². The first-order valence-electron chi connectivity index (χ1n) is 15.1. The topological polar surface area (TPSA) is 144 Å². The van der Waals surface area contributed by atoms with Gasteiger partial charge in [-0.05, 0) is 68.0 Å². The molecular weight excluding hydrogens is 584 g/mol. The number of hydrogen-bond acceptors (Lipinski definition) is 11. The Balaban J connectivity index is 1.18. The number of rotatable bonds is 11. The number of aromatic nitrogens is 3. The van der Waals surface area contributed by atoms with Crippen molar-refractivity contribution in [2.75, 3.05) is 30.4 Å². The Morgan fingerprint density at radius 3 is 2.52 bits per heavy atom. The molecule has 1 fully saturated rings. The molecule has 12 heteroatoms. The summed E-state index contributed by atoms with van der Waals surface area (Å²) in [5.41, 5.74) is 3.78. The van der Waals surface area contributed by atoms with Crippen LogP contribution in [0.1, 0.15) is 29.7 Å². The minimum atomic E-state index is -0.459. The molecule has 6 rings (SSSR count). The Hall–Kier alpha value is -5.65. The number of ether oxygens (including phenoxy) is 1. The summed E-state index contributed by atoms with van der Waals surface area (Å²) in [5.74, 6) is 3.11. The summed E-state index contributed by atoms with van der Waals surface area (Å²) in [6.45, 7) is 3.81. The highest BCUT2D eigenvalue weighted by Crippen LogP contribution is 2.34. The minimum Gasteiger partial charge on any atom is -0.496 e. The van der Waals surface area contributed by atoms with Crippen molar-refractivity contribution in [3.63, 3.8) is 0 Å². The van der Waals surface area contributed by atoms with Crippen molar-refractivity contribution in [3.05, 3.63) is 112 Å². The molecule has 0 radical (unpaired) electrons. The van der Waals surface area contributed by atoms with Crippen LogP contribution in [0.4, 0.5) is 29.2 Å². The second kappa shape index (κ2) is 14.0. The number of piperidine rings is 1. The molecule has 0 aliphatic carbocycles. The van der Waals surface area contributed by atoms with E-state index in [0.29, 0.717) is 40.6 Å². The van der Waals surface area contributed by atoms with Crippen molar-refractivity contribution in [1.29, 1.82) is 0 Å². The number of benzene rings is 3. The molecule has 1 saturated heterocycles. The molecule has 234 valence electrons. The number of hydrogen-bond donors (Lipinski definition) is 1. The Labute approximate surface area is 266 Å². The summed E-state index contributed by atoms with van der Waals surface area (Å²) in [4.78, 5) is 26.9. The van der Waals surface area contributed by atoms with Crippen LogP contribution < -0.4 is 15.0 Å². The number of azo groups is 1. The van der Waals surface area contributed by atoms with E-state index in [9.17, 15) is 10.1 Å². The quantitative estimate of drug-likeness (QED) is 0.0889. The molecule has 3 heterocycles. The molecule has 0 spiro atoms. The number of furan rings is 1. The number of aryl methyl sites for hydroxylation is 1. The summed E-state index contributed by atoms with van der Waals surface area (Å²) in [7, 11) is 1.50. The van der Waals surface area contributed by atoms with E-state index in [1.165, 1.54) is 24.8 Å². The van der Waals surface area contributed by atoms with Gasteiger partial charge in [-0.3, -0.25) is 10.1 Å². The van der Waals surface area contributed by atoms with Crippen LogP contribution in [-0.4, -0.2) is 40.1 Å². The van der Waals surface area contributed by atoms with E-state index < -0.39 is 4.92 Å². The maximum Gasteiger partial charge on any atom is 0.275 e. The average molecular weight is 619 g/mol. The van der Waals surface area contributed by atoms with Gasteiger partial charge >= 0.3 is 0 Å². The first-order valence-corrected chi connectivity index (χ1v) is 15.1. The zero-order valence-corrected chi connectivity index (χ0v) is 25.7. The second-order valence-electron chi connectivity index (χ2n) is 11.2. The summed E-state index contributed by atoms with van der Waals surface area (Å²) in [6, 6.07) is 26.4. The lowest BCUT2D eigenvalue weighted by atomic mass is 9.90. The van der Waals surface area contributed by atoms with Crippen LogP contribution in [0.5, 0.6) is 5.75 Å². The van der Waals surface area contributed by atoms with E-state index in [1.54, 1.807) is 18.2 Å². The number of nitrogens with one attached hydrogen (secondary N) is 1. The van der Waals surface area contributed by atoms with Gasteiger partial charge in [-0.2, -0.15) is 20.1 Å². The SMILES string of the molecule is COc1ccc([N+](=O)[O-])cc1-c1ccc(CN=Nc2nc(Nc3ccc(C)cc3)nc(N3CCC(Cc4ccccc4)CC3)n2)o1. The minimum absolute atomic E-state index is 0.0606. The number of nitro groups is 1.